The van der Waals surface area contributed by atoms with E-state index < -0.39 is 0 Å². The van der Waals surface area contributed by atoms with Crippen molar-refractivity contribution >= 4 is 17.7 Å². The molecule has 0 atom stereocenters. The summed E-state index contributed by atoms with van der Waals surface area (Å²) >= 11 is 1.50. The summed E-state index contributed by atoms with van der Waals surface area (Å²) < 4.78 is 1.72. The lowest BCUT2D eigenvalue weighted by atomic mass is 10.1. The maximum atomic E-state index is 11.7. The van der Waals surface area contributed by atoms with Crippen molar-refractivity contribution in [2.75, 3.05) is 12.3 Å². The minimum absolute atomic E-state index is 0.0638. The molecule has 2 aromatic rings. The summed E-state index contributed by atoms with van der Waals surface area (Å²) in [6.45, 7) is 3.38. The van der Waals surface area contributed by atoms with Crippen molar-refractivity contribution in [2.45, 2.75) is 31.5 Å². The Labute approximate surface area is 128 Å². The molecule has 6 nitrogen and oxygen atoms in total. The van der Waals surface area contributed by atoms with Gasteiger partial charge in [0.2, 0.25) is 11.1 Å². The Bertz CT molecular complexity index is 558. The van der Waals surface area contributed by atoms with Crippen molar-refractivity contribution in [2.24, 2.45) is 0 Å². The molecule has 1 heterocycles. The molecule has 0 radical (unpaired) electrons. The lowest BCUT2D eigenvalue weighted by Crippen LogP contribution is -2.25. The predicted octanol–water partition coefficient (Wildman–Crippen LogP) is 1.53. The van der Waals surface area contributed by atoms with E-state index >= 15 is 0 Å². The Balaban J connectivity index is 1.62. The van der Waals surface area contributed by atoms with Gasteiger partial charge in [-0.05, 0) is 29.3 Å². The maximum Gasteiger partial charge on any atom is 0.220 e. The van der Waals surface area contributed by atoms with E-state index in [4.69, 9.17) is 0 Å². The molecule has 0 bridgehead atoms. The van der Waals surface area contributed by atoms with Crippen LogP contribution < -0.4 is 5.32 Å². The monoisotopic (exact) mass is 305 g/mol. The van der Waals surface area contributed by atoms with Crippen molar-refractivity contribution in [1.82, 2.24) is 25.5 Å². The molecule has 112 valence electrons. The summed E-state index contributed by atoms with van der Waals surface area (Å²) in [4.78, 5) is 11.7. The highest BCUT2D eigenvalue weighted by Gasteiger charge is 2.07. The number of hydrogen-bond acceptors (Lipinski definition) is 5. The van der Waals surface area contributed by atoms with Crippen molar-refractivity contribution in [3.05, 3.63) is 35.9 Å². The number of aryl methyl sites for hydroxylation is 1. The Morgan fingerprint density at radius 1 is 1.33 bits per heavy atom. The number of thioether (sulfide) groups is 1. The highest BCUT2D eigenvalue weighted by molar-refractivity contribution is 7.99. The number of amides is 1. The Kier molecular flexibility index (Phi) is 6.21. The number of aromatic nitrogens is 4. The second-order valence-electron chi connectivity index (χ2n) is 4.46. The van der Waals surface area contributed by atoms with E-state index in [-0.39, 0.29) is 5.91 Å². The SMILES string of the molecule is CCn1nnnc1SCCC(=O)NCCc1ccccc1. The van der Waals surface area contributed by atoms with E-state index in [2.05, 4.69) is 33.0 Å². The molecule has 1 N–H and O–H groups in total. The van der Waals surface area contributed by atoms with Gasteiger partial charge in [0.05, 0.1) is 0 Å². The fourth-order valence-corrected chi connectivity index (χ4v) is 2.69. The van der Waals surface area contributed by atoms with Gasteiger partial charge < -0.3 is 5.32 Å². The van der Waals surface area contributed by atoms with Gasteiger partial charge in [0, 0.05) is 25.3 Å². The first kappa shape index (κ1) is 15.5. The summed E-state index contributed by atoms with van der Waals surface area (Å²) in [7, 11) is 0. The van der Waals surface area contributed by atoms with Gasteiger partial charge in [-0.25, -0.2) is 4.68 Å². The smallest absolute Gasteiger partial charge is 0.220 e. The number of benzene rings is 1. The Hall–Kier alpha value is -1.89. The lowest BCUT2D eigenvalue weighted by Gasteiger charge is -2.05. The summed E-state index contributed by atoms with van der Waals surface area (Å²) in [5.74, 6) is 0.742. The third kappa shape index (κ3) is 5.18. The highest BCUT2D eigenvalue weighted by Crippen LogP contribution is 2.14. The van der Waals surface area contributed by atoms with Crippen LogP contribution in [-0.4, -0.2) is 38.4 Å². The highest BCUT2D eigenvalue weighted by atomic mass is 32.2. The van der Waals surface area contributed by atoms with Crippen LogP contribution in [0.5, 0.6) is 0 Å². The van der Waals surface area contributed by atoms with E-state index in [0.29, 0.717) is 18.7 Å². The molecular weight excluding hydrogens is 286 g/mol. The zero-order valence-corrected chi connectivity index (χ0v) is 12.8. The average Bonchev–Trinajstić information content (AvgIpc) is 2.96. The van der Waals surface area contributed by atoms with Crippen molar-refractivity contribution in [3.8, 4) is 0 Å². The molecule has 0 saturated carbocycles. The third-order valence-corrected chi connectivity index (χ3v) is 3.90. The van der Waals surface area contributed by atoms with Crippen LogP contribution in [0.15, 0.2) is 35.5 Å². The average molecular weight is 305 g/mol. The second-order valence-corrected chi connectivity index (χ2v) is 5.52. The number of tetrazole rings is 1. The van der Waals surface area contributed by atoms with Crippen LogP contribution in [0.25, 0.3) is 0 Å². The maximum absolute atomic E-state index is 11.7. The molecule has 0 aliphatic carbocycles. The van der Waals surface area contributed by atoms with Gasteiger partial charge >= 0.3 is 0 Å². The van der Waals surface area contributed by atoms with Gasteiger partial charge in [-0.2, -0.15) is 0 Å². The predicted molar refractivity (Wildman–Crippen MR) is 82.0 cm³/mol. The molecule has 0 saturated heterocycles. The zero-order chi connectivity index (χ0) is 14.9. The Morgan fingerprint density at radius 3 is 2.90 bits per heavy atom. The Morgan fingerprint density at radius 2 is 2.14 bits per heavy atom. The summed E-state index contributed by atoms with van der Waals surface area (Å²) in [5.41, 5.74) is 1.23. The molecule has 21 heavy (non-hydrogen) atoms. The fraction of sp³-hybridized carbons (Fsp3) is 0.429. The van der Waals surface area contributed by atoms with Gasteiger partial charge in [0.25, 0.3) is 0 Å². The zero-order valence-electron chi connectivity index (χ0n) is 12.0. The first-order valence-corrected chi connectivity index (χ1v) is 7.97. The number of rotatable bonds is 8. The standard InChI is InChI=1S/C14H19N5OS/c1-2-19-14(16-17-18-19)21-11-9-13(20)15-10-8-12-6-4-3-5-7-12/h3-7H,2,8-11H2,1H3,(H,15,20). The summed E-state index contributed by atoms with van der Waals surface area (Å²) in [6, 6.07) is 10.1. The van der Waals surface area contributed by atoms with Crippen LogP contribution in [-0.2, 0) is 17.8 Å². The molecule has 1 aromatic heterocycles. The number of carbonyl (C=O) groups excluding carboxylic acids is 1. The molecule has 0 unspecified atom stereocenters. The largest absolute Gasteiger partial charge is 0.356 e. The quantitative estimate of drug-likeness (QED) is 0.749. The second kappa shape index (κ2) is 8.41. The molecule has 7 heteroatoms. The van der Waals surface area contributed by atoms with Gasteiger partial charge in [-0.3, -0.25) is 4.79 Å². The number of nitrogens with zero attached hydrogens (tertiary/aromatic N) is 4. The van der Waals surface area contributed by atoms with Gasteiger partial charge in [-0.15, -0.1) is 5.10 Å². The van der Waals surface area contributed by atoms with Gasteiger partial charge in [0.15, 0.2) is 0 Å². The summed E-state index contributed by atoms with van der Waals surface area (Å²) in [5, 5.41) is 15.1. The third-order valence-electron chi connectivity index (χ3n) is 2.94. The van der Waals surface area contributed by atoms with Crippen molar-refractivity contribution < 1.29 is 4.79 Å². The number of nitrogens with one attached hydrogen (secondary N) is 1. The number of hydrogen-bond donors (Lipinski definition) is 1. The molecule has 0 aliphatic heterocycles. The lowest BCUT2D eigenvalue weighted by molar-refractivity contribution is -0.120. The van der Waals surface area contributed by atoms with Gasteiger partial charge in [0.1, 0.15) is 0 Å². The van der Waals surface area contributed by atoms with E-state index in [9.17, 15) is 4.79 Å². The minimum atomic E-state index is 0.0638. The summed E-state index contributed by atoms with van der Waals surface area (Å²) in [6.07, 6.45) is 1.32. The first-order chi connectivity index (χ1) is 10.3. The molecular formula is C14H19N5OS. The molecule has 1 aromatic carbocycles. The van der Waals surface area contributed by atoms with Crippen LogP contribution in [0, 0.1) is 0 Å². The number of carbonyl (C=O) groups is 1. The van der Waals surface area contributed by atoms with E-state index in [0.717, 1.165) is 18.1 Å². The fourth-order valence-electron chi connectivity index (χ4n) is 1.81. The van der Waals surface area contributed by atoms with Crippen molar-refractivity contribution in [1.29, 1.82) is 0 Å². The topological polar surface area (TPSA) is 72.7 Å². The van der Waals surface area contributed by atoms with Gasteiger partial charge in [-0.1, -0.05) is 42.1 Å². The molecule has 0 aliphatic rings. The molecule has 1 amide bonds. The van der Waals surface area contributed by atoms with Crippen molar-refractivity contribution in [3.63, 3.8) is 0 Å². The van der Waals surface area contributed by atoms with E-state index in [1.165, 1.54) is 17.3 Å². The van der Waals surface area contributed by atoms with Crippen LogP contribution in [0.2, 0.25) is 0 Å². The molecule has 0 spiro atoms. The van der Waals surface area contributed by atoms with E-state index in [1.54, 1.807) is 4.68 Å². The minimum Gasteiger partial charge on any atom is -0.356 e. The van der Waals surface area contributed by atoms with Crippen LogP contribution in [0.4, 0.5) is 0 Å². The van der Waals surface area contributed by atoms with E-state index in [1.807, 2.05) is 25.1 Å². The van der Waals surface area contributed by atoms with Crippen LogP contribution >= 0.6 is 11.8 Å². The molecule has 0 fully saturated rings. The molecule has 2 rings (SSSR count). The van der Waals surface area contributed by atoms with Crippen LogP contribution in [0.3, 0.4) is 0 Å². The normalized spacial score (nSPS) is 10.5. The van der Waals surface area contributed by atoms with Crippen LogP contribution in [0.1, 0.15) is 18.9 Å². The first-order valence-electron chi connectivity index (χ1n) is 6.99.